The highest BCUT2D eigenvalue weighted by Crippen LogP contribution is 2.24. The van der Waals surface area contributed by atoms with Crippen LogP contribution in [0.5, 0.6) is 0 Å². The molecule has 3 heteroatoms. The smallest absolute Gasteiger partial charge is 0.136 e. The average Bonchev–Trinajstić information content (AvgIpc) is 2.58. The van der Waals surface area contributed by atoms with Crippen LogP contribution in [-0.2, 0) is 0 Å². The second kappa shape index (κ2) is 3.75. The van der Waals surface area contributed by atoms with Crippen LogP contribution >= 0.6 is 12.6 Å². The molecule has 2 aromatic rings. The van der Waals surface area contributed by atoms with Gasteiger partial charge in [-0.25, -0.2) is 0 Å². The minimum Gasteiger partial charge on any atom is -0.462 e. The van der Waals surface area contributed by atoms with Gasteiger partial charge in [0.05, 0.1) is 5.69 Å². The summed E-state index contributed by atoms with van der Waals surface area (Å²) in [4.78, 5) is 0. The molecule has 1 N–H and O–H groups in total. The zero-order chi connectivity index (χ0) is 9.10. The summed E-state index contributed by atoms with van der Waals surface area (Å²) in [6, 6.07) is 7.97. The molecule has 0 aliphatic carbocycles. The molecule has 0 saturated carbocycles. The summed E-state index contributed by atoms with van der Waals surface area (Å²) >= 11 is 4.13. The largest absolute Gasteiger partial charge is 0.462 e. The molecule has 0 radical (unpaired) electrons. The maximum Gasteiger partial charge on any atom is 0.136 e. The van der Waals surface area contributed by atoms with Crippen molar-refractivity contribution in [3.8, 4) is 0 Å². The topological polar surface area (TPSA) is 25.2 Å². The maximum absolute atomic E-state index is 5.36. The van der Waals surface area contributed by atoms with Crippen LogP contribution in [0.1, 0.15) is 0 Å². The first-order valence-corrected chi connectivity index (χ1v) is 4.86. The molecular formula is C10H11NOS. The van der Waals surface area contributed by atoms with Crippen molar-refractivity contribution in [2.75, 3.05) is 17.6 Å². The number of para-hydroxylation sites is 1. The number of nitrogens with one attached hydrogen (secondary N) is 1. The molecule has 0 aliphatic rings. The lowest BCUT2D eigenvalue weighted by molar-refractivity contribution is 0.617. The molecule has 2 rings (SSSR count). The molecule has 0 saturated heterocycles. The second-order valence-electron chi connectivity index (χ2n) is 2.80. The Morgan fingerprint density at radius 2 is 2.15 bits per heavy atom. The lowest BCUT2D eigenvalue weighted by Crippen LogP contribution is -2.01. The summed E-state index contributed by atoms with van der Waals surface area (Å²) in [5.74, 6) is 0.819. The molecule has 0 spiro atoms. The molecular weight excluding hydrogens is 182 g/mol. The quantitative estimate of drug-likeness (QED) is 0.733. The van der Waals surface area contributed by atoms with Gasteiger partial charge in [-0.2, -0.15) is 12.6 Å². The number of thiol groups is 1. The normalized spacial score (nSPS) is 10.5. The molecule has 0 atom stereocenters. The number of anilines is 1. The predicted octanol–water partition coefficient (Wildman–Crippen LogP) is 2.77. The van der Waals surface area contributed by atoms with E-state index in [4.69, 9.17) is 4.42 Å². The highest BCUT2D eigenvalue weighted by molar-refractivity contribution is 7.80. The molecule has 0 bridgehead atoms. The molecule has 0 aliphatic heterocycles. The first-order chi connectivity index (χ1) is 6.42. The number of hydrogen-bond donors (Lipinski definition) is 2. The molecule has 0 fully saturated rings. The van der Waals surface area contributed by atoms with Gasteiger partial charge in [0.15, 0.2) is 0 Å². The third-order valence-corrected chi connectivity index (χ3v) is 2.13. The number of benzene rings is 1. The fraction of sp³-hybridized carbons (Fsp3) is 0.200. The van der Waals surface area contributed by atoms with E-state index in [0.717, 1.165) is 29.0 Å². The van der Waals surface area contributed by atoms with Gasteiger partial charge in [-0.1, -0.05) is 12.1 Å². The Labute approximate surface area is 82.3 Å². The van der Waals surface area contributed by atoms with E-state index in [2.05, 4.69) is 17.9 Å². The molecule has 1 heterocycles. The Kier molecular flexibility index (Phi) is 2.45. The van der Waals surface area contributed by atoms with Crippen molar-refractivity contribution >= 4 is 29.3 Å². The monoisotopic (exact) mass is 193 g/mol. The van der Waals surface area contributed by atoms with E-state index in [1.807, 2.05) is 24.3 Å². The second-order valence-corrected chi connectivity index (χ2v) is 3.24. The molecule has 0 unspecified atom stereocenters. The van der Waals surface area contributed by atoms with Gasteiger partial charge in [-0.05, 0) is 12.1 Å². The van der Waals surface area contributed by atoms with E-state index in [-0.39, 0.29) is 0 Å². The van der Waals surface area contributed by atoms with Gasteiger partial charge in [0.25, 0.3) is 0 Å². The first-order valence-electron chi connectivity index (χ1n) is 4.23. The number of furan rings is 1. The van der Waals surface area contributed by atoms with Crippen molar-refractivity contribution in [2.24, 2.45) is 0 Å². The standard InChI is InChI=1S/C10H11NOS/c13-6-5-11-9-7-12-10-4-2-1-3-8(9)10/h1-4,7,11,13H,5-6H2. The van der Waals surface area contributed by atoms with Gasteiger partial charge < -0.3 is 9.73 Å². The van der Waals surface area contributed by atoms with Crippen LogP contribution in [-0.4, -0.2) is 12.3 Å². The highest BCUT2D eigenvalue weighted by atomic mass is 32.1. The summed E-state index contributed by atoms with van der Waals surface area (Å²) in [6.07, 6.45) is 1.74. The Balaban J connectivity index is 2.35. The van der Waals surface area contributed by atoms with Gasteiger partial charge in [0, 0.05) is 17.7 Å². The van der Waals surface area contributed by atoms with E-state index in [1.54, 1.807) is 6.26 Å². The van der Waals surface area contributed by atoms with Crippen LogP contribution in [0.4, 0.5) is 5.69 Å². The summed E-state index contributed by atoms with van der Waals surface area (Å²) < 4.78 is 5.36. The van der Waals surface area contributed by atoms with Crippen molar-refractivity contribution in [3.05, 3.63) is 30.5 Å². The molecule has 1 aromatic carbocycles. The predicted molar refractivity (Wildman–Crippen MR) is 58.6 cm³/mol. The maximum atomic E-state index is 5.36. The zero-order valence-corrected chi connectivity index (χ0v) is 8.05. The summed E-state index contributed by atoms with van der Waals surface area (Å²) in [5.41, 5.74) is 1.97. The number of fused-ring (bicyclic) bond motifs is 1. The Morgan fingerprint density at radius 1 is 1.31 bits per heavy atom. The molecule has 13 heavy (non-hydrogen) atoms. The van der Waals surface area contributed by atoms with Crippen LogP contribution in [0, 0.1) is 0 Å². The van der Waals surface area contributed by atoms with Crippen LogP contribution < -0.4 is 5.32 Å². The third-order valence-electron chi connectivity index (χ3n) is 1.91. The van der Waals surface area contributed by atoms with Crippen molar-refractivity contribution in [2.45, 2.75) is 0 Å². The lowest BCUT2D eigenvalue weighted by atomic mass is 10.2. The van der Waals surface area contributed by atoms with E-state index < -0.39 is 0 Å². The molecule has 68 valence electrons. The van der Waals surface area contributed by atoms with Gasteiger partial charge in [0.2, 0.25) is 0 Å². The Morgan fingerprint density at radius 3 is 3.00 bits per heavy atom. The van der Waals surface area contributed by atoms with E-state index in [0.29, 0.717) is 0 Å². The van der Waals surface area contributed by atoms with Crippen molar-refractivity contribution < 1.29 is 4.42 Å². The van der Waals surface area contributed by atoms with Crippen LogP contribution in [0.3, 0.4) is 0 Å². The van der Waals surface area contributed by atoms with Crippen LogP contribution in [0.25, 0.3) is 11.0 Å². The highest BCUT2D eigenvalue weighted by Gasteiger charge is 2.02. The van der Waals surface area contributed by atoms with Gasteiger partial charge in [0.1, 0.15) is 11.8 Å². The minimum absolute atomic E-state index is 0.819. The van der Waals surface area contributed by atoms with Gasteiger partial charge >= 0.3 is 0 Å². The third kappa shape index (κ3) is 1.65. The molecule has 1 aromatic heterocycles. The summed E-state index contributed by atoms with van der Waals surface area (Å²) in [7, 11) is 0. The summed E-state index contributed by atoms with van der Waals surface area (Å²) in [5, 5.41) is 4.38. The first kappa shape index (κ1) is 8.51. The summed E-state index contributed by atoms with van der Waals surface area (Å²) in [6.45, 7) is 0.854. The molecule has 0 amide bonds. The van der Waals surface area contributed by atoms with Gasteiger partial charge in [-0.15, -0.1) is 0 Å². The number of hydrogen-bond acceptors (Lipinski definition) is 3. The van der Waals surface area contributed by atoms with E-state index in [9.17, 15) is 0 Å². The van der Waals surface area contributed by atoms with Gasteiger partial charge in [-0.3, -0.25) is 0 Å². The van der Waals surface area contributed by atoms with Crippen LogP contribution in [0.15, 0.2) is 34.9 Å². The van der Waals surface area contributed by atoms with Crippen molar-refractivity contribution in [1.29, 1.82) is 0 Å². The zero-order valence-electron chi connectivity index (χ0n) is 7.16. The molecule has 2 nitrogen and oxygen atoms in total. The fourth-order valence-corrected chi connectivity index (χ4v) is 1.42. The van der Waals surface area contributed by atoms with Crippen LogP contribution in [0.2, 0.25) is 0 Å². The van der Waals surface area contributed by atoms with Crippen molar-refractivity contribution in [1.82, 2.24) is 0 Å². The lowest BCUT2D eigenvalue weighted by Gasteiger charge is -1.99. The SMILES string of the molecule is SCCNc1coc2ccccc12. The Bertz CT molecular complexity index is 396. The van der Waals surface area contributed by atoms with E-state index >= 15 is 0 Å². The Hall–Kier alpha value is -1.09. The number of rotatable bonds is 3. The average molecular weight is 193 g/mol. The van der Waals surface area contributed by atoms with E-state index in [1.165, 1.54) is 0 Å². The fourth-order valence-electron chi connectivity index (χ4n) is 1.31. The minimum atomic E-state index is 0.819. The van der Waals surface area contributed by atoms with Crippen molar-refractivity contribution in [3.63, 3.8) is 0 Å².